The second-order valence-corrected chi connectivity index (χ2v) is 8.72. The van der Waals surface area contributed by atoms with Crippen molar-refractivity contribution in [2.24, 2.45) is 5.92 Å². The zero-order chi connectivity index (χ0) is 17.7. The normalized spacial score (nSPS) is 22.5. The van der Waals surface area contributed by atoms with Crippen LogP contribution in [0.1, 0.15) is 47.4 Å². The number of nitrogens with one attached hydrogen (secondary N) is 1. The Bertz CT molecular complexity index is 1010. The second-order valence-electron chi connectivity index (χ2n) is 7.72. The summed E-state index contributed by atoms with van der Waals surface area (Å²) in [4.78, 5) is 15.4. The molecule has 1 saturated carbocycles. The zero-order valence-electron chi connectivity index (χ0n) is 15.1. The lowest BCUT2D eigenvalue weighted by atomic mass is 9.95. The third kappa shape index (κ3) is 2.81. The molecule has 1 aliphatic heterocycles. The summed E-state index contributed by atoms with van der Waals surface area (Å²) in [6, 6.07) is 11.0. The monoisotopic (exact) mass is 366 g/mol. The molecule has 134 valence electrons. The summed E-state index contributed by atoms with van der Waals surface area (Å²) in [5.74, 6) is 0.816. The van der Waals surface area contributed by atoms with Crippen molar-refractivity contribution in [2.75, 3.05) is 6.54 Å². The van der Waals surface area contributed by atoms with Gasteiger partial charge in [0.15, 0.2) is 0 Å². The predicted molar refractivity (Wildman–Crippen MR) is 105 cm³/mol. The Hall–Kier alpha value is -1.91. The maximum absolute atomic E-state index is 12.2. The highest BCUT2D eigenvalue weighted by Crippen LogP contribution is 2.42. The van der Waals surface area contributed by atoms with E-state index in [2.05, 4.69) is 30.5 Å². The van der Waals surface area contributed by atoms with Gasteiger partial charge in [0, 0.05) is 39.8 Å². The second kappa shape index (κ2) is 6.36. The summed E-state index contributed by atoms with van der Waals surface area (Å²) in [6.07, 6.45) is 4.80. The van der Waals surface area contributed by atoms with Crippen LogP contribution in [0.5, 0.6) is 0 Å². The van der Waals surface area contributed by atoms with E-state index >= 15 is 0 Å². The van der Waals surface area contributed by atoms with Crippen molar-refractivity contribution in [3.05, 3.63) is 67.7 Å². The molecule has 2 atom stereocenters. The van der Waals surface area contributed by atoms with Crippen LogP contribution in [0.25, 0.3) is 11.0 Å². The Morgan fingerprint density at radius 2 is 2.12 bits per heavy atom. The molecule has 0 bridgehead atoms. The first-order chi connectivity index (χ1) is 12.7. The van der Waals surface area contributed by atoms with E-state index < -0.39 is 0 Å². The minimum atomic E-state index is -0.226. The average Bonchev–Trinajstić information content (AvgIpc) is 3.36. The molecule has 3 aromatic rings. The van der Waals surface area contributed by atoms with Crippen LogP contribution < -0.4 is 10.5 Å². The summed E-state index contributed by atoms with van der Waals surface area (Å²) in [5.41, 5.74) is 4.43. The maximum Gasteiger partial charge on any atom is 0.336 e. The first-order valence-corrected chi connectivity index (χ1v) is 10.6. The predicted octanol–water partition coefficient (Wildman–Crippen LogP) is 3.51. The van der Waals surface area contributed by atoms with E-state index in [1.807, 2.05) is 17.4 Å². The van der Waals surface area contributed by atoms with Crippen LogP contribution in [0, 0.1) is 5.92 Å². The number of hydrogen-bond acceptors (Lipinski definition) is 3. The molecule has 2 aromatic heterocycles. The number of fused-ring (bicyclic) bond motifs is 2. The fraction of sp³-hybridized carbons (Fsp3) is 0.409. The standard InChI is InChI=1S/C22H23NO2S/c1-2-14-3-6-17-16(12-21(24)25-19(17)11-14)13-23-9-7-20-18(8-10-26-20)22(23)15-4-5-15/h3,6,8,10-12,15,22H,2,4-5,7,9,13H2,1H3/p+1/t22-/m0/s1. The molecule has 1 aliphatic carbocycles. The van der Waals surface area contributed by atoms with Gasteiger partial charge in [0.2, 0.25) is 0 Å². The van der Waals surface area contributed by atoms with Gasteiger partial charge in [0.25, 0.3) is 0 Å². The molecule has 26 heavy (non-hydrogen) atoms. The van der Waals surface area contributed by atoms with Crippen molar-refractivity contribution >= 4 is 22.3 Å². The topological polar surface area (TPSA) is 34.7 Å². The largest absolute Gasteiger partial charge is 0.423 e. The Morgan fingerprint density at radius 1 is 1.23 bits per heavy atom. The smallest absolute Gasteiger partial charge is 0.336 e. The summed E-state index contributed by atoms with van der Waals surface area (Å²) in [7, 11) is 0. The molecule has 1 fully saturated rings. The van der Waals surface area contributed by atoms with E-state index in [9.17, 15) is 4.79 Å². The highest BCUT2D eigenvalue weighted by molar-refractivity contribution is 7.10. The molecule has 3 heterocycles. The highest BCUT2D eigenvalue weighted by Gasteiger charge is 2.43. The Labute approximate surface area is 157 Å². The maximum atomic E-state index is 12.2. The minimum Gasteiger partial charge on any atom is -0.423 e. The van der Waals surface area contributed by atoms with E-state index in [4.69, 9.17) is 4.42 Å². The quantitative estimate of drug-likeness (QED) is 0.717. The van der Waals surface area contributed by atoms with Gasteiger partial charge in [-0.25, -0.2) is 4.79 Å². The zero-order valence-corrected chi connectivity index (χ0v) is 15.9. The molecule has 1 unspecified atom stereocenters. The van der Waals surface area contributed by atoms with Crippen LogP contribution in [0.15, 0.2) is 44.9 Å². The van der Waals surface area contributed by atoms with Gasteiger partial charge in [-0.15, -0.1) is 11.3 Å². The Balaban J connectivity index is 1.54. The van der Waals surface area contributed by atoms with Crippen LogP contribution in [-0.4, -0.2) is 6.54 Å². The average molecular weight is 367 g/mol. The van der Waals surface area contributed by atoms with E-state index in [1.54, 1.807) is 21.4 Å². The molecule has 1 aromatic carbocycles. The number of thiophene rings is 1. The molecule has 0 radical (unpaired) electrons. The van der Waals surface area contributed by atoms with Gasteiger partial charge >= 0.3 is 5.63 Å². The minimum absolute atomic E-state index is 0.226. The first-order valence-electron chi connectivity index (χ1n) is 9.69. The third-order valence-electron chi connectivity index (χ3n) is 6.04. The molecule has 2 aliphatic rings. The van der Waals surface area contributed by atoms with Crippen LogP contribution >= 0.6 is 11.3 Å². The van der Waals surface area contributed by atoms with Gasteiger partial charge < -0.3 is 9.32 Å². The lowest BCUT2D eigenvalue weighted by molar-refractivity contribution is -0.949. The third-order valence-corrected chi connectivity index (χ3v) is 7.04. The van der Waals surface area contributed by atoms with E-state index in [-0.39, 0.29) is 5.63 Å². The molecular formula is C22H24NO2S+. The van der Waals surface area contributed by atoms with E-state index in [1.165, 1.54) is 18.4 Å². The van der Waals surface area contributed by atoms with Crippen molar-refractivity contribution in [3.63, 3.8) is 0 Å². The summed E-state index contributed by atoms with van der Waals surface area (Å²) in [6.45, 7) is 4.19. The first kappa shape index (κ1) is 16.3. The summed E-state index contributed by atoms with van der Waals surface area (Å²) in [5, 5.41) is 3.35. The molecule has 0 amide bonds. The molecule has 3 nitrogen and oxygen atoms in total. The fourth-order valence-corrected chi connectivity index (χ4v) is 5.51. The van der Waals surface area contributed by atoms with E-state index in [0.29, 0.717) is 6.04 Å². The van der Waals surface area contributed by atoms with Gasteiger partial charge in [0.05, 0.1) is 6.54 Å². The van der Waals surface area contributed by atoms with Crippen molar-refractivity contribution in [1.29, 1.82) is 0 Å². The summed E-state index contributed by atoms with van der Waals surface area (Å²) >= 11 is 1.91. The fourth-order valence-electron chi connectivity index (χ4n) is 4.58. The van der Waals surface area contributed by atoms with Crippen LogP contribution in [0.4, 0.5) is 0 Å². The van der Waals surface area contributed by atoms with Gasteiger partial charge in [-0.2, -0.15) is 0 Å². The molecule has 0 spiro atoms. The van der Waals surface area contributed by atoms with Crippen molar-refractivity contribution < 1.29 is 9.32 Å². The number of rotatable bonds is 4. The van der Waals surface area contributed by atoms with Gasteiger partial charge in [-0.05, 0) is 42.3 Å². The molecule has 4 heteroatoms. The Kier molecular flexibility index (Phi) is 3.98. The SMILES string of the molecule is CCc1ccc2c(C[NH+]3CCc4sccc4[C@@H]3C3CC3)cc(=O)oc2c1. The lowest BCUT2D eigenvalue weighted by Crippen LogP contribution is -3.12. The van der Waals surface area contributed by atoms with Gasteiger partial charge in [0.1, 0.15) is 18.2 Å². The number of aryl methyl sites for hydroxylation is 1. The molecule has 1 N–H and O–H groups in total. The Morgan fingerprint density at radius 3 is 2.92 bits per heavy atom. The van der Waals surface area contributed by atoms with Gasteiger partial charge in [-0.3, -0.25) is 0 Å². The van der Waals surface area contributed by atoms with E-state index in [0.717, 1.165) is 48.4 Å². The lowest BCUT2D eigenvalue weighted by Gasteiger charge is -2.33. The number of quaternary nitrogens is 1. The number of benzene rings is 1. The van der Waals surface area contributed by atoms with Crippen LogP contribution in [0.2, 0.25) is 0 Å². The molecule has 5 rings (SSSR count). The van der Waals surface area contributed by atoms with Gasteiger partial charge in [-0.1, -0.05) is 19.1 Å². The van der Waals surface area contributed by atoms with Crippen LogP contribution in [0.3, 0.4) is 0 Å². The molecular weight excluding hydrogens is 342 g/mol. The highest BCUT2D eigenvalue weighted by atomic mass is 32.1. The summed E-state index contributed by atoms with van der Waals surface area (Å²) < 4.78 is 5.50. The van der Waals surface area contributed by atoms with Crippen molar-refractivity contribution in [2.45, 2.75) is 45.2 Å². The molecule has 0 saturated heterocycles. The van der Waals surface area contributed by atoms with Crippen molar-refractivity contribution in [1.82, 2.24) is 0 Å². The van der Waals surface area contributed by atoms with Crippen molar-refractivity contribution in [3.8, 4) is 0 Å². The number of hydrogen-bond donors (Lipinski definition) is 1. The van der Waals surface area contributed by atoms with Crippen LogP contribution in [-0.2, 0) is 19.4 Å².